The highest BCUT2D eigenvalue weighted by Gasteiger charge is 2.19. The number of nitrogens with zero attached hydrogens (tertiary/aromatic N) is 1. The molecule has 14 heavy (non-hydrogen) atoms. The molecule has 2 rings (SSSR count). The first-order valence-electron chi connectivity index (χ1n) is 5.10. The number of hydrogen-bond acceptors (Lipinski definition) is 4. The van der Waals surface area contributed by atoms with Gasteiger partial charge in [-0.3, -0.25) is 0 Å². The summed E-state index contributed by atoms with van der Waals surface area (Å²) in [5.41, 5.74) is 6.85. The van der Waals surface area contributed by atoms with Gasteiger partial charge >= 0.3 is 0 Å². The Hall–Kier alpha value is -0.0600. The molecule has 0 aliphatic carbocycles. The third kappa shape index (κ3) is 2.30. The molecule has 0 bridgehead atoms. The van der Waals surface area contributed by atoms with Gasteiger partial charge in [0.1, 0.15) is 5.01 Å². The van der Waals surface area contributed by atoms with Gasteiger partial charge in [0.05, 0.1) is 10.9 Å². The number of thiazole rings is 1. The fourth-order valence-electron chi connectivity index (χ4n) is 1.59. The Morgan fingerprint density at radius 3 is 3.00 bits per heavy atom. The molecule has 0 amide bonds. The second kappa shape index (κ2) is 4.64. The summed E-state index contributed by atoms with van der Waals surface area (Å²) in [5.74, 6) is 1.29. The van der Waals surface area contributed by atoms with Crippen molar-refractivity contribution in [2.45, 2.75) is 37.5 Å². The molecule has 2 nitrogen and oxygen atoms in total. The quantitative estimate of drug-likeness (QED) is 0.845. The minimum absolute atomic E-state index is 0.0774. The molecule has 0 radical (unpaired) electrons. The van der Waals surface area contributed by atoms with E-state index >= 15 is 0 Å². The Bertz CT molecular complexity index is 290. The first-order valence-corrected chi connectivity index (χ1v) is 7.02. The molecular weight excluding hydrogens is 212 g/mol. The van der Waals surface area contributed by atoms with Crippen molar-refractivity contribution in [2.24, 2.45) is 5.73 Å². The highest BCUT2D eigenvalue weighted by atomic mass is 32.2. The molecule has 0 aromatic carbocycles. The van der Waals surface area contributed by atoms with E-state index in [1.807, 2.05) is 18.7 Å². The molecule has 1 aromatic rings. The number of rotatable bonds is 2. The molecule has 2 N–H and O–H groups in total. The lowest BCUT2D eigenvalue weighted by molar-refractivity contribution is 0.678. The molecule has 1 aromatic heterocycles. The SMILES string of the molecule is CC(N)c1csc(C2CCCCS2)n1. The Kier molecular flexibility index (Phi) is 3.47. The highest BCUT2D eigenvalue weighted by Crippen LogP contribution is 2.39. The van der Waals surface area contributed by atoms with Crippen LogP contribution in [0.4, 0.5) is 0 Å². The van der Waals surface area contributed by atoms with E-state index in [1.165, 1.54) is 30.0 Å². The van der Waals surface area contributed by atoms with Gasteiger partial charge in [0.15, 0.2) is 0 Å². The van der Waals surface area contributed by atoms with Gasteiger partial charge in [-0.25, -0.2) is 4.98 Å². The first kappa shape index (κ1) is 10.5. The molecule has 1 aliphatic rings. The molecule has 1 aliphatic heterocycles. The van der Waals surface area contributed by atoms with Crippen LogP contribution in [0.5, 0.6) is 0 Å². The van der Waals surface area contributed by atoms with Gasteiger partial charge in [-0.05, 0) is 25.5 Å². The summed E-state index contributed by atoms with van der Waals surface area (Å²) in [6, 6.07) is 0.0774. The van der Waals surface area contributed by atoms with E-state index in [0.717, 1.165) is 5.69 Å². The maximum atomic E-state index is 5.79. The highest BCUT2D eigenvalue weighted by molar-refractivity contribution is 7.99. The summed E-state index contributed by atoms with van der Waals surface area (Å²) in [6.07, 6.45) is 4.01. The lowest BCUT2D eigenvalue weighted by Gasteiger charge is -2.18. The number of aromatic nitrogens is 1. The Morgan fingerprint density at radius 2 is 2.43 bits per heavy atom. The normalized spacial score (nSPS) is 24.9. The van der Waals surface area contributed by atoms with E-state index in [-0.39, 0.29) is 6.04 Å². The average molecular weight is 228 g/mol. The maximum Gasteiger partial charge on any atom is 0.106 e. The zero-order chi connectivity index (χ0) is 9.97. The topological polar surface area (TPSA) is 38.9 Å². The van der Waals surface area contributed by atoms with Gasteiger partial charge in [-0.1, -0.05) is 6.42 Å². The van der Waals surface area contributed by atoms with Crippen LogP contribution in [-0.4, -0.2) is 10.7 Å². The van der Waals surface area contributed by atoms with Crippen LogP contribution in [-0.2, 0) is 0 Å². The molecule has 78 valence electrons. The minimum Gasteiger partial charge on any atom is -0.323 e. The van der Waals surface area contributed by atoms with Crippen molar-refractivity contribution in [1.29, 1.82) is 0 Å². The summed E-state index contributed by atoms with van der Waals surface area (Å²) < 4.78 is 0. The zero-order valence-electron chi connectivity index (χ0n) is 8.40. The van der Waals surface area contributed by atoms with Gasteiger partial charge < -0.3 is 5.73 Å². The number of nitrogens with two attached hydrogens (primary N) is 1. The lowest BCUT2D eigenvalue weighted by atomic mass is 10.2. The summed E-state index contributed by atoms with van der Waals surface area (Å²) in [4.78, 5) is 4.61. The first-order chi connectivity index (χ1) is 6.77. The monoisotopic (exact) mass is 228 g/mol. The molecule has 0 spiro atoms. The molecule has 1 saturated heterocycles. The van der Waals surface area contributed by atoms with E-state index in [9.17, 15) is 0 Å². The van der Waals surface area contributed by atoms with E-state index in [4.69, 9.17) is 5.73 Å². The molecule has 2 unspecified atom stereocenters. The average Bonchev–Trinajstić information content (AvgIpc) is 2.68. The van der Waals surface area contributed by atoms with Crippen LogP contribution in [0, 0.1) is 0 Å². The predicted octanol–water partition coefficient (Wildman–Crippen LogP) is 3.12. The summed E-state index contributed by atoms with van der Waals surface area (Å²) >= 11 is 3.82. The molecule has 1 fully saturated rings. The maximum absolute atomic E-state index is 5.79. The Morgan fingerprint density at radius 1 is 1.57 bits per heavy atom. The molecule has 2 atom stereocenters. The van der Waals surface area contributed by atoms with Crippen LogP contribution in [0.1, 0.15) is 48.2 Å². The van der Waals surface area contributed by atoms with E-state index in [2.05, 4.69) is 10.4 Å². The van der Waals surface area contributed by atoms with Crippen LogP contribution in [0.15, 0.2) is 5.38 Å². The standard InChI is InChI=1S/C10H16N2S2/c1-7(11)8-6-14-10(12-8)9-4-2-3-5-13-9/h6-7,9H,2-5,11H2,1H3. The van der Waals surface area contributed by atoms with Gasteiger partial charge in [-0.15, -0.1) is 11.3 Å². The van der Waals surface area contributed by atoms with E-state index < -0.39 is 0 Å². The summed E-state index contributed by atoms with van der Waals surface area (Å²) in [6.45, 7) is 1.99. The third-order valence-corrected chi connectivity index (χ3v) is 4.97. The van der Waals surface area contributed by atoms with Crippen LogP contribution in [0.25, 0.3) is 0 Å². The van der Waals surface area contributed by atoms with Gasteiger partial charge in [0, 0.05) is 11.4 Å². The predicted molar refractivity (Wildman–Crippen MR) is 63.8 cm³/mol. The lowest BCUT2D eigenvalue weighted by Crippen LogP contribution is -2.06. The van der Waals surface area contributed by atoms with Crippen molar-refractivity contribution in [1.82, 2.24) is 4.98 Å². The van der Waals surface area contributed by atoms with Crippen LogP contribution >= 0.6 is 23.1 Å². The van der Waals surface area contributed by atoms with Crippen molar-refractivity contribution in [2.75, 3.05) is 5.75 Å². The summed E-state index contributed by atoms with van der Waals surface area (Å²) in [5, 5.41) is 4.03. The number of thioether (sulfide) groups is 1. The van der Waals surface area contributed by atoms with E-state index in [0.29, 0.717) is 5.25 Å². The third-order valence-electron chi connectivity index (χ3n) is 2.46. The largest absolute Gasteiger partial charge is 0.323 e. The van der Waals surface area contributed by atoms with Crippen LogP contribution < -0.4 is 5.73 Å². The van der Waals surface area contributed by atoms with Crippen LogP contribution in [0.3, 0.4) is 0 Å². The van der Waals surface area contributed by atoms with Gasteiger partial charge in [0.2, 0.25) is 0 Å². The summed E-state index contributed by atoms with van der Waals surface area (Å²) in [7, 11) is 0. The van der Waals surface area contributed by atoms with Crippen molar-refractivity contribution in [3.63, 3.8) is 0 Å². The Labute approximate surface area is 93.3 Å². The minimum atomic E-state index is 0.0774. The van der Waals surface area contributed by atoms with Crippen molar-refractivity contribution >= 4 is 23.1 Å². The Balaban J connectivity index is 2.07. The van der Waals surface area contributed by atoms with Crippen LogP contribution in [0.2, 0.25) is 0 Å². The van der Waals surface area contributed by atoms with Crippen molar-refractivity contribution < 1.29 is 0 Å². The molecule has 4 heteroatoms. The second-order valence-electron chi connectivity index (χ2n) is 3.75. The van der Waals surface area contributed by atoms with Gasteiger partial charge in [0.25, 0.3) is 0 Å². The van der Waals surface area contributed by atoms with Crippen molar-refractivity contribution in [3.05, 3.63) is 16.1 Å². The van der Waals surface area contributed by atoms with Crippen molar-refractivity contribution in [3.8, 4) is 0 Å². The number of hydrogen-bond donors (Lipinski definition) is 1. The fourth-order valence-corrected chi connectivity index (χ4v) is 4.08. The molecular formula is C10H16N2S2. The smallest absolute Gasteiger partial charge is 0.106 e. The van der Waals surface area contributed by atoms with E-state index in [1.54, 1.807) is 11.3 Å². The van der Waals surface area contributed by atoms with Gasteiger partial charge in [-0.2, -0.15) is 11.8 Å². The zero-order valence-corrected chi connectivity index (χ0v) is 10.0. The fraction of sp³-hybridized carbons (Fsp3) is 0.700. The molecule has 2 heterocycles. The molecule has 0 saturated carbocycles. The second-order valence-corrected chi connectivity index (χ2v) is 5.95.